The highest BCUT2D eigenvalue weighted by molar-refractivity contribution is 5.50. The number of halogens is 2. The van der Waals surface area contributed by atoms with E-state index in [0.717, 1.165) is 6.54 Å². The Kier molecular flexibility index (Phi) is 6.22. The summed E-state index contributed by atoms with van der Waals surface area (Å²) in [5, 5.41) is 3.07. The Bertz CT molecular complexity index is 382. The SMILES string of the molecule is CCNCc1cc(F)c(N(CC)CC(C)C)c(F)c1. The highest BCUT2D eigenvalue weighted by Crippen LogP contribution is 2.25. The normalized spacial score (nSPS) is 11.1. The summed E-state index contributed by atoms with van der Waals surface area (Å²) in [6.07, 6.45) is 0. The van der Waals surface area contributed by atoms with Crippen molar-refractivity contribution in [2.75, 3.05) is 24.5 Å². The second-order valence-electron chi connectivity index (χ2n) is 5.12. The van der Waals surface area contributed by atoms with Gasteiger partial charge in [0, 0.05) is 19.6 Å². The zero-order chi connectivity index (χ0) is 14.4. The molecule has 108 valence electrons. The van der Waals surface area contributed by atoms with E-state index in [1.54, 1.807) is 4.90 Å². The maximum atomic E-state index is 14.1. The lowest BCUT2D eigenvalue weighted by atomic mass is 10.1. The summed E-state index contributed by atoms with van der Waals surface area (Å²) in [6, 6.07) is 2.84. The molecule has 0 unspecified atom stereocenters. The third-order valence-corrected chi connectivity index (χ3v) is 2.94. The van der Waals surface area contributed by atoms with Crippen molar-refractivity contribution >= 4 is 5.69 Å². The van der Waals surface area contributed by atoms with Crippen LogP contribution in [0.3, 0.4) is 0 Å². The molecule has 0 radical (unpaired) electrons. The zero-order valence-corrected chi connectivity index (χ0v) is 12.3. The van der Waals surface area contributed by atoms with Gasteiger partial charge in [-0.1, -0.05) is 20.8 Å². The van der Waals surface area contributed by atoms with Crippen LogP contribution >= 0.6 is 0 Å². The largest absolute Gasteiger partial charge is 0.367 e. The molecule has 0 amide bonds. The Hall–Kier alpha value is -1.16. The molecule has 0 aliphatic heterocycles. The Morgan fingerprint density at radius 2 is 1.74 bits per heavy atom. The maximum absolute atomic E-state index is 14.1. The van der Waals surface area contributed by atoms with Crippen molar-refractivity contribution in [3.05, 3.63) is 29.3 Å². The van der Waals surface area contributed by atoms with Crippen LogP contribution in [0.5, 0.6) is 0 Å². The lowest BCUT2D eigenvalue weighted by Gasteiger charge is -2.26. The first-order valence-corrected chi connectivity index (χ1v) is 6.93. The molecule has 0 aromatic heterocycles. The number of anilines is 1. The van der Waals surface area contributed by atoms with Crippen molar-refractivity contribution in [3.63, 3.8) is 0 Å². The predicted octanol–water partition coefficient (Wildman–Crippen LogP) is 3.56. The lowest BCUT2D eigenvalue weighted by molar-refractivity contribution is 0.547. The van der Waals surface area contributed by atoms with E-state index >= 15 is 0 Å². The highest BCUT2D eigenvalue weighted by atomic mass is 19.1. The summed E-state index contributed by atoms with van der Waals surface area (Å²) in [7, 11) is 0. The predicted molar refractivity (Wildman–Crippen MR) is 76.5 cm³/mol. The van der Waals surface area contributed by atoms with Gasteiger partial charge in [-0.2, -0.15) is 0 Å². The molecule has 0 bridgehead atoms. The van der Waals surface area contributed by atoms with Gasteiger partial charge in [0.2, 0.25) is 0 Å². The van der Waals surface area contributed by atoms with Gasteiger partial charge >= 0.3 is 0 Å². The molecule has 0 fully saturated rings. The number of nitrogens with one attached hydrogen (secondary N) is 1. The fourth-order valence-corrected chi connectivity index (χ4v) is 2.11. The smallest absolute Gasteiger partial charge is 0.149 e. The summed E-state index contributed by atoms with van der Waals surface area (Å²) in [5.74, 6) is -0.592. The molecule has 19 heavy (non-hydrogen) atoms. The molecule has 1 aromatic carbocycles. The standard InChI is InChI=1S/C15H24F2N2/c1-5-18-9-12-7-13(16)15(14(17)8-12)19(6-2)10-11(3)4/h7-8,11,18H,5-6,9-10H2,1-4H3. The van der Waals surface area contributed by atoms with Gasteiger partial charge in [0.25, 0.3) is 0 Å². The Balaban J connectivity index is 3.00. The van der Waals surface area contributed by atoms with Gasteiger partial charge in [0.05, 0.1) is 0 Å². The van der Waals surface area contributed by atoms with E-state index in [0.29, 0.717) is 31.1 Å². The first-order valence-electron chi connectivity index (χ1n) is 6.93. The van der Waals surface area contributed by atoms with E-state index < -0.39 is 11.6 Å². The maximum Gasteiger partial charge on any atom is 0.149 e. The second-order valence-corrected chi connectivity index (χ2v) is 5.12. The van der Waals surface area contributed by atoms with E-state index in [1.165, 1.54) is 12.1 Å². The summed E-state index contributed by atoms with van der Waals surface area (Å²) in [6.45, 7) is 10.5. The average Bonchev–Trinajstić information content (AvgIpc) is 2.33. The molecule has 1 aromatic rings. The minimum atomic E-state index is -0.476. The molecule has 1 rings (SSSR count). The van der Waals surface area contributed by atoms with Crippen LogP contribution in [0.2, 0.25) is 0 Å². The molecule has 0 aliphatic rings. The molecule has 0 heterocycles. The number of hydrogen-bond donors (Lipinski definition) is 1. The van der Waals surface area contributed by atoms with Crippen molar-refractivity contribution in [1.29, 1.82) is 0 Å². The molecule has 4 heteroatoms. The van der Waals surface area contributed by atoms with Gasteiger partial charge in [-0.25, -0.2) is 8.78 Å². The van der Waals surface area contributed by atoms with Crippen molar-refractivity contribution in [3.8, 4) is 0 Å². The first kappa shape index (κ1) is 15.9. The molecule has 0 spiro atoms. The molecule has 0 saturated heterocycles. The van der Waals surface area contributed by atoms with Crippen molar-refractivity contribution in [1.82, 2.24) is 5.32 Å². The van der Waals surface area contributed by atoms with E-state index in [9.17, 15) is 8.78 Å². The van der Waals surface area contributed by atoms with Crippen LogP contribution < -0.4 is 10.2 Å². The van der Waals surface area contributed by atoms with Crippen molar-refractivity contribution in [2.45, 2.75) is 34.2 Å². The van der Waals surface area contributed by atoms with E-state index in [2.05, 4.69) is 5.32 Å². The minimum Gasteiger partial charge on any atom is -0.367 e. The molecule has 0 saturated carbocycles. The van der Waals surface area contributed by atoms with E-state index in [4.69, 9.17) is 0 Å². The van der Waals surface area contributed by atoms with Gasteiger partial charge < -0.3 is 10.2 Å². The third kappa shape index (κ3) is 4.46. The van der Waals surface area contributed by atoms with Crippen molar-refractivity contribution < 1.29 is 8.78 Å². The molecule has 0 aliphatic carbocycles. The molecular formula is C15H24F2N2. The van der Waals surface area contributed by atoms with E-state index in [1.807, 2.05) is 27.7 Å². The van der Waals surface area contributed by atoms with Gasteiger partial charge in [0.1, 0.15) is 17.3 Å². The molecule has 2 nitrogen and oxygen atoms in total. The minimum absolute atomic E-state index is 0.0939. The third-order valence-electron chi connectivity index (χ3n) is 2.94. The van der Waals surface area contributed by atoms with Gasteiger partial charge in [-0.15, -0.1) is 0 Å². The summed E-state index contributed by atoms with van der Waals surface area (Å²) < 4.78 is 28.2. The van der Waals surface area contributed by atoms with Gasteiger partial charge in [0.15, 0.2) is 0 Å². The lowest BCUT2D eigenvalue weighted by Crippen LogP contribution is -2.29. The van der Waals surface area contributed by atoms with Crippen LogP contribution in [0.4, 0.5) is 14.5 Å². The van der Waals surface area contributed by atoms with Crippen LogP contribution in [-0.4, -0.2) is 19.6 Å². The molecule has 0 atom stereocenters. The zero-order valence-electron chi connectivity index (χ0n) is 12.3. The average molecular weight is 270 g/mol. The Morgan fingerprint density at radius 3 is 2.16 bits per heavy atom. The fraction of sp³-hybridized carbons (Fsp3) is 0.600. The van der Waals surface area contributed by atoms with Crippen LogP contribution in [0.1, 0.15) is 33.3 Å². The van der Waals surface area contributed by atoms with Gasteiger partial charge in [-0.3, -0.25) is 0 Å². The number of hydrogen-bond acceptors (Lipinski definition) is 2. The number of benzene rings is 1. The fourth-order valence-electron chi connectivity index (χ4n) is 2.11. The molecular weight excluding hydrogens is 246 g/mol. The quantitative estimate of drug-likeness (QED) is 0.815. The number of rotatable bonds is 7. The first-order chi connectivity index (χ1) is 8.99. The van der Waals surface area contributed by atoms with Gasteiger partial charge in [-0.05, 0) is 37.1 Å². The Morgan fingerprint density at radius 1 is 1.16 bits per heavy atom. The topological polar surface area (TPSA) is 15.3 Å². The van der Waals surface area contributed by atoms with Crippen LogP contribution in [0.25, 0.3) is 0 Å². The highest BCUT2D eigenvalue weighted by Gasteiger charge is 2.17. The summed E-state index contributed by atoms with van der Waals surface area (Å²) in [5.41, 5.74) is 0.734. The Labute approximate surface area is 114 Å². The van der Waals surface area contributed by atoms with Crippen LogP contribution in [0, 0.1) is 17.6 Å². The van der Waals surface area contributed by atoms with Crippen LogP contribution in [-0.2, 0) is 6.54 Å². The van der Waals surface area contributed by atoms with Crippen LogP contribution in [0.15, 0.2) is 12.1 Å². The number of nitrogens with zero attached hydrogens (tertiary/aromatic N) is 1. The monoisotopic (exact) mass is 270 g/mol. The second kappa shape index (κ2) is 7.43. The van der Waals surface area contributed by atoms with E-state index in [-0.39, 0.29) is 5.69 Å². The molecule has 1 N–H and O–H groups in total. The summed E-state index contributed by atoms with van der Waals surface area (Å²) in [4.78, 5) is 1.76. The summed E-state index contributed by atoms with van der Waals surface area (Å²) >= 11 is 0. The van der Waals surface area contributed by atoms with Crippen molar-refractivity contribution in [2.24, 2.45) is 5.92 Å².